The number of hydrogen-bond acceptors (Lipinski definition) is 2. The van der Waals surface area contributed by atoms with Gasteiger partial charge < -0.3 is 10.1 Å². The zero-order chi connectivity index (χ0) is 10.8. The Labute approximate surface area is 101 Å². The van der Waals surface area contributed by atoms with Crippen molar-refractivity contribution in [2.24, 2.45) is 0 Å². The van der Waals surface area contributed by atoms with Crippen LogP contribution in [0.4, 0.5) is 0 Å². The second-order valence-electron chi connectivity index (χ2n) is 3.25. The maximum Gasteiger partial charge on any atom is 0.246 e. The van der Waals surface area contributed by atoms with Crippen LogP contribution < -0.4 is 5.32 Å². The first kappa shape index (κ1) is 10.9. The first-order valence-corrected chi connectivity index (χ1v) is 5.68. The molecule has 0 saturated carbocycles. The number of benzene rings is 1. The van der Waals surface area contributed by atoms with Crippen LogP contribution in [0.25, 0.3) is 0 Å². The molecule has 2 rings (SSSR count). The summed E-state index contributed by atoms with van der Waals surface area (Å²) in [4.78, 5) is 10.9. The Morgan fingerprint density at radius 1 is 1.53 bits per heavy atom. The topological polar surface area (TPSA) is 38.3 Å². The third kappa shape index (κ3) is 2.33. The maximum atomic E-state index is 10.9. The molecule has 0 radical (unpaired) electrons. The van der Waals surface area contributed by atoms with E-state index in [0.29, 0.717) is 11.6 Å². The molecule has 15 heavy (non-hydrogen) atoms. The summed E-state index contributed by atoms with van der Waals surface area (Å²) in [5, 5.41) is 3.38. The molecule has 0 bridgehead atoms. The first-order valence-electron chi connectivity index (χ1n) is 4.50. The Morgan fingerprint density at radius 2 is 2.33 bits per heavy atom. The first-order chi connectivity index (χ1) is 7.18. The lowest BCUT2D eigenvalue weighted by atomic mass is 10.1. The van der Waals surface area contributed by atoms with Crippen molar-refractivity contribution in [3.8, 4) is 0 Å². The van der Waals surface area contributed by atoms with Crippen molar-refractivity contribution in [3.63, 3.8) is 0 Å². The summed E-state index contributed by atoms with van der Waals surface area (Å²) in [6.45, 7) is 0.558. The number of carbonyl (C=O) groups excluding carboxylic acids is 1. The van der Waals surface area contributed by atoms with E-state index in [1.165, 1.54) is 0 Å². The summed E-state index contributed by atoms with van der Waals surface area (Å²) >= 11 is 9.47. The second-order valence-corrected chi connectivity index (χ2v) is 4.48. The fourth-order valence-electron chi connectivity index (χ4n) is 1.46. The molecular weight excluding hydrogens is 281 g/mol. The van der Waals surface area contributed by atoms with E-state index >= 15 is 0 Å². The largest absolute Gasteiger partial charge is 0.362 e. The van der Waals surface area contributed by atoms with Gasteiger partial charge in [0.15, 0.2) is 0 Å². The van der Waals surface area contributed by atoms with E-state index in [4.69, 9.17) is 16.3 Å². The van der Waals surface area contributed by atoms with Crippen molar-refractivity contribution in [2.75, 3.05) is 13.2 Å². The molecule has 1 aromatic carbocycles. The van der Waals surface area contributed by atoms with Crippen LogP contribution in [-0.4, -0.2) is 19.1 Å². The van der Waals surface area contributed by atoms with Crippen LogP contribution in [0, 0.1) is 0 Å². The van der Waals surface area contributed by atoms with E-state index in [0.717, 1.165) is 10.0 Å². The monoisotopic (exact) mass is 289 g/mol. The molecule has 1 aliphatic rings. The summed E-state index contributed by atoms with van der Waals surface area (Å²) < 4.78 is 6.23. The van der Waals surface area contributed by atoms with E-state index < -0.39 is 0 Å². The predicted octanol–water partition coefficient (Wildman–Crippen LogP) is 2.29. The number of morpholine rings is 1. The minimum Gasteiger partial charge on any atom is -0.362 e. The van der Waals surface area contributed by atoms with Crippen LogP contribution in [0.5, 0.6) is 0 Å². The molecule has 0 aromatic heterocycles. The summed E-state index contributed by atoms with van der Waals surface area (Å²) in [6.07, 6.45) is -0.160. The van der Waals surface area contributed by atoms with Crippen molar-refractivity contribution in [1.82, 2.24) is 5.32 Å². The normalized spacial score (nSPS) is 21.2. The predicted molar refractivity (Wildman–Crippen MR) is 60.9 cm³/mol. The Morgan fingerprint density at radius 3 is 3.00 bits per heavy atom. The molecule has 1 heterocycles. The molecule has 1 N–H and O–H groups in total. The SMILES string of the molecule is O=C1CO[C@H](c2cccc(Br)c2Cl)CN1. The fraction of sp³-hybridized carbons (Fsp3) is 0.300. The molecule has 0 unspecified atom stereocenters. The van der Waals surface area contributed by atoms with E-state index in [1.807, 2.05) is 18.2 Å². The third-order valence-corrected chi connectivity index (χ3v) is 3.54. The molecule has 1 amide bonds. The molecule has 1 aliphatic heterocycles. The number of nitrogens with one attached hydrogen (secondary N) is 1. The van der Waals surface area contributed by atoms with E-state index in [9.17, 15) is 4.79 Å². The minimum atomic E-state index is -0.160. The Kier molecular flexibility index (Phi) is 3.29. The Hall–Kier alpha value is -0.580. The molecule has 5 heteroatoms. The van der Waals surface area contributed by atoms with Crippen molar-refractivity contribution in [1.29, 1.82) is 0 Å². The van der Waals surface area contributed by atoms with Gasteiger partial charge in [-0.05, 0) is 22.0 Å². The number of amides is 1. The van der Waals surface area contributed by atoms with Gasteiger partial charge >= 0.3 is 0 Å². The van der Waals surface area contributed by atoms with E-state index in [1.54, 1.807) is 0 Å². The molecule has 0 spiro atoms. The molecule has 1 atom stereocenters. The molecule has 3 nitrogen and oxygen atoms in total. The minimum absolute atomic E-state index is 0.0858. The van der Waals surface area contributed by atoms with Gasteiger partial charge in [-0.15, -0.1) is 0 Å². The van der Waals surface area contributed by atoms with Gasteiger partial charge in [0, 0.05) is 16.6 Å². The van der Waals surface area contributed by atoms with Crippen LogP contribution in [0.2, 0.25) is 5.02 Å². The van der Waals surface area contributed by atoms with Gasteiger partial charge in [-0.25, -0.2) is 0 Å². The number of halogens is 2. The number of hydrogen-bond donors (Lipinski definition) is 1. The Bertz CT molecular complexity index is 387. The van der Waals surface area contributed by atoms with Crippen molar-refractivity contribution >= 4 is 33.4 Å². The van der Waals surface area contributed by atoms with Gasteiger partial charge in [0.25, 0.3) is 0 Å². The molecule has 1 fully saturated rings. The molecule has 80 valence electrons. The van der Waals surface area contributed by atoms with Crippen LogP contribution in [0.15, 0.2) is 22.7 Å². The van der Waals surface area contributed by atoms with Gasteiger partial charge in [0.05, 0.1) is 5.02 Å². The highest BCUT2D eigenvalue weighted by molar-refractivity contribution is 9.10. The standard InChI is InChI=1S/C10H9BrClNO2/c11-7-3-1-2-6(10(7)12)8-4-13-9(14)5-15-8/h1-3,8H,4-5H2,(H,13,14)/t8-/m0/s1. The van der Waals surface area contributed by atoms with Gasteiger partial charge in [-0.2, -0.15) is 0 Å². The lowest BCUT2D eigenvalue weighted by Gasteiger charge is -2.24. The number of ether oxygens (including phenoxy) is 1. The molecule has 1 saturated heterocycles. The smallest absolute Gasteiger partial charge is 0.246 e. The Balaban J connectivity index is 2.22. The fourth-order valence-corrected chi connectivity index (χ4v) is 2.09. The van der Waals surface area contributed by atoms with Crippen molar-refractivity contribution in [3.05, 3.63) is 33.3 Å². The van der Waals surface area contributed by atoms with Crippen LogP contribution in [0.1, 0.15) is 11.7 Å². The highest BCUT2D eigenvalue weighted by Gasteiger charge is 2.22. The van der Waals surface area contributed by atoms with Gasteiger partial charge in [-0.1, -0.05) is 23.7 Å². The third-order valence-electron chi connectivity index (χ3n) is 2.23. The van der Waals surface area contributed by atoms with Crippen molar-refractivity contribution < 1.29 is 9.53 Å². The summed E-state index contributed by atoms with van der Waals surface area (Å²) in [7, 11) is 0. The quantitative estimate of drug-likeness (QED) is 0.862. The van der Waals surface area contributed by atoms with Crippen LogP contribution in [-0.2, 0) is 9.53 Å². The highest BCUT2D eigenvalue weighted by atomic mass is 79.9. The zero-order valence-corrected chi connectivity index (χ0v) is 10.1. The van der Waals surface area contributed by atoms with E-state index in [2.05, 4.69) is 21.2 Å². The van der Waals surface area contributed by atoms with Crippen LogP contribution >= 0.6 is 27.5 Å². The second kappa shape index (κ2) is 4.51. The molecule has 1 aromatic rings. The lowest BCUT2D eigenvalue weighted by Crippen LogP contribution is -2.38. The van der Waals surface area contributed by atoms with Crippen LogP contribution in [0.3, 0.4) is 0 Å². The van der Waals surface area contributed by atoms with Gasteiger partial charge in [0.2, 0.25) is 5.91 Å². The van der Waals surface area contributed by atoms with Crippen molar-refractivity contribution in [2.45, 2.75) is 6.10 Å². The summed E-state index contributed by atoms with van der Waals surface area (Å²) in [5.74, 6) is -0.0858. The maximum absolute atomic E-state index is 10.9. The molecular formula is C10H9BrClNO2. The van der Waals surface area contributed by atoms with Gasteiger partial charge in [0.1, 0.15) is 12.7 Å². The average Bonchev–Trinajstić information content (AvgIpc) is 2.24. The zero-order valence-electron chi connectivity index (χ0n) is 7.80. The summed E-state index contributed by atoms with van der Waals surface area (Å²) in [6, 6.07) is 5.66. The highest BCUT2D eigenvalue weighted by Crippen LogP contribution is 2.32. The van der Waals surface area contributed by atoms with Gasteiger partial charge in [-0.3, -0.25) is 4.79 Å². The molecule has 0 aliphatic carbocycles. The number of rotatable bonds is 1. The van der Waals surface area contributed by atoms with E-state index in [-0.39, 0.29) is 18.6 Å². The summed E-state index contributed by atoms with van der Waals surface area (Å²) in [5.41, 5.74) is 0.894. The lowest BCUT2D eigenvalue weighted by molar-refractivity contribution is -0.133. The number of carbonyl (C=O) groups is 1. The average molecular weight is 291 g/mol.